The van der Waals surface area contributed by atoms with E-state index in [9.17, 15) is 24.0 Å². The van der Waals surface area contributed by atoms with Crippen molar-refractivity contribution < 1.29 is 24.0 Å². The third kappa shape index (κ3) is 13.5. The van der Waals surface area contributed by atoms with Gasteiger partial charge in [-0.2, -0.15) is 0 Å². The molecule has 1 aliphatic heterocycles. The van der Waals surface area contributed by atoms with Gasteiger partial charge < -0.3 is 16.8 Å². The Morgan fingerprint density at radius 2 is 1.47 bits per heavy atom. The Balaban J connectivity index is 0.000000256. The molecule has 6 amide bonds. The van der Waals surface area contributed by atoms with Crippen LogP contribution in [0.5, 0.6) is 0 Å². The van der Waals surface area contributed by atoms with Crippen molar-refractivity contribution in [2.45, 2.75) is 121 Å². The Labute approximate surface area is 215 Å². The lowest BCUT2D eigenvalue weighted by atomic mass is 10.2. The number of hydrogen-bond acceptors (Lipinski definition) is 7. The summed E-state index contributed by atoms with van der Waals surface area (Å²) in [7, 11) is -1.46. The molecule has 0 radical (unpaired) electrons. The number of barbiturate groups is 1. The van der Waals surface area contributed by atoms with Crippen molar-refractivity contribution in [2.24, 2.45) is 16.1 Å². The highest BCUT2D eigenvalue weighted by atomic mass is 28.3. The highest BCUT2D eigenvalue weighted by Crippen LogP contribution is 2.25. The summed E-state index contributed by atoms with van der Waals surface area (Å²) in [6.07, 6.45) is 15.1. The number of amides is 6. The van der Waals surface area contributed by atoms with E-state index in [4.69, 9.17) is 11.5 Å². The topological polar surface area (TPSA) is 177 Å². The maximum Gasteiger partial charge on any atom is 0.331 e. The van der Waals surface area contributed by atoms with Gasteiger partial charge in [-0.05, 0) is 58.2 Å². The number of carbonyl (C=O) groups is 4. The number of carbonyl (C=O) groups excluding carboxylic acids is 5. The Morgan fingerprint density at radius 3 is 1.83 bits per heavy atom. The van der Waals surface area contributed by atoms with Crippen LogP contribution in [0.15, 0.2) is 4.66 Å². The summed E-state index contributed by atoms with van der Waals surface area (Å²) in [5.41, 5.74) is 10.5. The zero-order valence-corrected chi connectivity index (χ0v) is 23.0. The number of imide groups is 2. The summed E-state index contributed by atoms with van der Waals surface area (Å²) >= 11 is 0. The molecule has 1 heterocycles. The fraction of sp³-hybridized carbons (Fsp3) is 0.792. The minimum atomic E-state index is -1.46. The predicted molar refractivity (Wildman–Crippen MR) is 140 cm³/mol. The van der Waals surface area contributed by atoms with E-state index >= 15 is 0 Å². The molecule has 3 saturated carbocycles. The van der Waals surface area contributed by atoms with Crippen molar-refractivity contribution in [3.63, 3.8) is 0 Å². The molecule has 0 aromatic heterocycles. The normalized spacial score (nSPS) is 20.7. The van der Waals surface area contributed by atoms with Gasteiger partial charge in [-0.25, -0.2) is 19.0 Å². The molecule has 6 N–H and O–H groups in total. The third-order valence-corrected chi connectivity index (χ3v) is 6.98. The van der Waals surface area contributed by atoms with Gasteiger partial charge in [-0.3, -0.25) is 19.8 Å². The minimum Gasteiger partial charge on any atom is -0.352 e. The zero-order chi connectivity index (χ0) is 27.1. The largest absolute Gasteiger partial charge is 0.352 e. The van der Waals surface area contributed by atoms with Crippen LogP contribution in [0.2, 0.25) is 19.6 Å². The molecule has 0 bridgehead atoms. The van der Waals surface area contributed by atoms with Gasteiger partial charge in [0.15, 0.2) is 8.24 Å². The predicted octanol–water partition coefficient (Wildman–Crippen LogP) is 3.04. The summed E-state index contributed by atoms with van der Waals surface area (Å²) in [5.74, 6) is -0.847. The van der Waals surface area contributed by atoms with Crippen LogP contribution in [-0.4, -0.2) is 61.2 Å². The average Bonchev–Trinajstić information content (AvgIpc) is 3.52. The summed E-state index contributed by atoms with van der Waals surface area (Å²) in [6, 6.07) is -0.0110. The summed E-state index contributed by atoms with van der Waals surface area (Å²) < 4.78 is 3.59. The SMILES string of the molecule is C[Si](C)(C)N=C=O.NC(=O)NC1CCCC1.NC1CCCC1.O=C1CC(=O)N(C2CCCC2)C(=O)N1. The van der Waals surface area contributed by atoms with Crippen LogP contribution in [-0.2, 0) is 14.4 Å². The maximum absolute atomic E-state index is 11.4. The Bertz CT molecular complexity index is 758. The molecule has 4 fully saturated rings. The smallest absolute Gasteiger partial charge is 0.331 e. The molecule has 0 aromatic rings. The van der Waals surface area contributed by atoms with E-state index in [0.717, 1.165) is 38.5 Å². The third-order valence-electron chi connectivity index (χ3n) is 6.22. The van der Waals surface area contributed by atoms with E-state index in [1.807, 2.05) is 19.6 Å². The van der Waals surface area contributed by atoms with Crippen molar-refractivity contribution in [3.8, 4) is 0 Å². The Morgan fingerprint density at radius 1 is 0.972 bits per heavy atom. The molecule has 12 heteroatoms. The van der Waals surface area contributed by atoms with Gasteiger partial charge in [-0.15, -0.1) is 0 Å². The summed E-state index contributed by atoms with van der Waals surface area (Å²) in [4.78, 5) is 54.7. The van der Waals surface area contributed by atoms with E-state index in [1.165, 1.54) is 43.4 Å². The summed E-state index contributed by atoms with van der Waals surface area (Å²) in [5, 5.41) is 4.84. The zero-order valence-electron chi connectivity index (χ0n) is 22.0. The average molecular weight is 525 g/mol. The number of urea groups is 2. The lowest BCUT2D eigenvalue weighted by Crippen LogP contribution is -2.55. The van der Waals surface area contributed by atoms with E-state index < -0.39 is 20.2 Å². The first-order valence-electron chi connectivity index (χ1n) is 13.0. The maximum atomic E-state index is 11.4. The van der Waals surface area contributed by atoms with E-state index in [1.54, 1.807) is 6.08 Å². The first kappa shape index (κ1) is 31.5. The number of isocyanates is 1. The fourth-order valence-electron chi connectivity index (χ4n) is 4.46. The van der Waals surface area contributed by atoms with Gasteiger partial charge in [0, 0.05) is 18.1 Å². The van der Waals surface area contributed by atoms with Gasteiger partial charge >= 0.3 is 12.1 Å². The first-order valence-corrected chi connectivity index (χ1v) is 16.4. The number of primary amides is 1. The highest BCUT2D eigenvalue weighted by molar-refractivity contribution is 6.74. The van der Waals surface area contributed by atoms with Gasteiger partial charge in [0.2, 0.25) is 17.9 Å². The van der Waals surface area contributed by atoms with Gasteiger partial charge in [0.1, 0.15) is 6.42 Å². The molecule has 1 saturated heterocycles. The van der Waals surface area contributed by atoms with Crippen LogP contribution >= 0.6 is 0 Å². The monoisotopic (exact) mass is 524 g/mol. The van der Waals surface area contributed by atoms with E-state index in [2.05, 4.69) is 15.3 Å². The van der Waals surface area contributed by atoms with E-state index in [0.29, 0.717) is 12.1 Å². The second-order valence-corrected chi connectivity index (χ2v) is 15.2. The van der Waals surface area contributed by atoms with Gasteiger partial charge in [0.25, 0.3) is 0 Å². The highest BCUT2D eigenvalue weighted by Gasteiger charge is 2.36. The fourth-order valence-corrected chi connectivity index (χ4v) is 4.73. The first-order chi connectivity index (χ1) is 16.9. The van der Waals surface area contributed by atoms with Crippen molar-refractivity contribution in [1.82, 2.24) is 15.5 Å². The standard InChI is InChI=1S/C9H12N2O3.C6H12N2O.C5H11N.C4H9NOSi/c12-7-5-8(13)11(9(14)10-7)6-3-1-2-4-6;7-6(9)8-5-3-1-2-4-5;6-5-3-1-2-4-5;1-7(2,3)5-4-6/h6H,1-5H2,(H,10,12,14);5H,1-4H2,(H3,7,8,9);5H,1-4,6H2;1-3H3. The molecule has 11 nitrogen and oxygen atoms in total. The number of nitrogens with one attached hydrogen (secondary N) is 2. The molecule has 0 unspecified atom stereocenters. The van der Waals surface area contributed by atoms with Crippen LogP contribution in [0.1, 0.15) is 83.5 Å². The second kappa shape index (κ2) is 16.2. The molecular weight excluding hydrogens is 480 g/mol. The Hall–Kier alpha value is -2.56. The van der Waals surface area contributed by atoms with Crippen LogP contribution in [0.4, 0.5) is 9.59 Å². The molecule has 36 heavy (non-hydrogen) atoms. The van der Waals surface area contributed by atoms with Crippen LogP contribution < -0.4 is 22.1 Å². The van der Waals surface area contributed by atoms with E-state index in [-0.39, 0.29) is 24.4 Å². The van der Waals surface area contributed by atoms with Crippen LogP contribution in [0, 0.1) is 0 Å². The van der Waals surface area contributed by atoms with Gasteiger partial charge in [-0.1, -0.05) is 38.5 Å². The lowest BCUT2D eigenvalue weighted by molar-refractivity contribution is -0.137. The van der Waals surface area contributed by atoms with Crippen molar-refractivity contribution in [3.05, 3.63) is 0 Å². The van der Waals surface area contributed by atoms with Crippen LogP contribution in [0.3, 0.4) is 0 Å². The summed E-state index contributed by atoms with van der Waals surface area (Å²) in [6.45, 7) is 5.95. The van der Waals surface area contributed by atoms with Crippen molar-refractivity contribution in [2.75, 3.05) is 0 Å². The van der Waals surface area contributed by atoms with Crippen molar-refractivity contribution >= 4 is 38.2 Å². The lowest BCUT2D eigenvalue weighted by Gasteiger charge is -2.29. The molecular formula is C24H44N6O5Si. The number of nitrogens with two attached hydrogens (primary N) is 2. The Kier molecular flexibility index (Phi) is 14.2. The molecule has 0 spiro atoms. The number of hydrogen-bond donors (Lipinski definition) is 4. The molecule has 3 aliphatic carbocycles. The quantitative estimate of drug-likeness (QED) is 0.191. The second-order valence-electron chi connectivity index (χ2n) is 10.6. The minimum absolute atomic E-state index is 0.00981. The number of rotatable bonds is 3. The molecule has 4 aliphatic rings. The van der Waals surface area contributed by atoms with Gasteiger partial charge in [0.05, 0.1) is 0 Å². The molecule has 0 aromatic carbocycles. The molecule has 4 rings (SSSR count). The molecule has 0 atom stereocenters. The number of nitrogens with zero attached hydrogens (tertiary/aromatic N) is 2. The molecule has 204 valence electrons. The van der Waals surface area contributed by atoms with Crippen LogP contribution in [0.25, 0.3) is 0 Å². The van der Waals surface area contributed by atoms with Crippen molar-refractivity contribution in [1.29, 1.82) is 0 Å².